The zero-order chi connectivity index (χ0) is 14.8. The van der Waals surface area contributed by atoms with Gasteiger partial charge >= 0.3 is 0 Å². The highest BCUT2D eigenvalue weighted by molar-refractivity contribution is 7.89. The number of aryl methyl sites for hydroxylation is 2. The van der Waals surface area contributed by atoms with Crippen molar-refractivity contribution in [2.75, 3.05) is 0 Å². The maximum Gasteiger partial charge on any atom is 0.242 e. The molecule has 0 aliphatic rings. The number of pyridine rings is 1. The van der Waals surface area contributed by atoms with Gasteiger partial charge in [0.1, 0.15) is 4.90 Å². The van der Waals surface area contributed by atoms with Gasteiger partial charge in [-0.1, -0.05) is 6.07 Å². The second-order valence-electron chi connectivity index (χ2n) is 4.46. The summed E-state index contributed by atoms with van der Waals surface area (Å²) in [4.78, 5) is 4.76. The van der Waals surface area contributed by atoms with E-state index in [4.69, 9.17) is 0 Å². The van der Waals surface area contributed by atoms with Crippen LogP contribution in [0.2, 0.25) is 0 Å². The van der Waals surface area contributed by atoms with E-state index in [-0.39, 0.29) is 18.0 Å². The van der Waals surface area contributed by atoms with Gasteiger partial charge in [0.15, 0.2) is 0 Å². The molecule has 0 fully saturated rings. The molecule has 0 saturated heterocycles. The molecule has 7 heteroatoms. The molecule has 0 radical (unpaired) electrons. The Balaban J connectivity index is 2.19. The van der Waals surface area contributed by atoms with Crippen LogP contribution in [0.4, 0.5) is 0 Å². The average Bonchev–Trinajstić information content (AvgIpc) is 2.80. The number of nitrogens with zero attached hydrogens (tertiary/aromatic N) is 1. The fraction of sp³-hybridized carbons (Fsp3) is 0.308. The van der Waals surface area contributed by atoms with Gasteiger partial charge in [-0.15, -0.1) is 11.3 Å². The Bertz CT molecular complexity index is 691. The van der Waals surface area contributed by atoms with E-state index in [1.165, 1.54) is 11.3 Å². The highest BCUT2D eigenvalue weighted by Crippen LogP contribution is 2.26. The van der Waals surface area contributed by atoms with Crippen LogP contribution in [0.15, 0.2) is 28.6 Å². The van der Waals surface area contributed by atoms with Crippen molar-refractivity contribution >= 4 is 21.4 Å². The van der Waals surface area contributed by atoms with Gasteiger partial charge in [0.2, 0.25) is 10.0 Å². The summed E-state index contributed by atoms with van der Waals surface area (Å²) in [6, 6.07) is 3.66. The molecule has 0 aromatic carbocycles. The van der Waals surface area contributed by atoms with E-state index < -0.39 is 10.0 Å². The third-order valence-corrected chi connectivity index (χ3v) is 5.69. The minimum atomic E-state index is -3.63. The summed E-state index contributed by atoms with van der Waals surface area (Å²) in [6.45, 7) is 3.49. The molecule has 0 amide bonds. The summed E-state index contributed by atoms with van der Waals surface area (Å²) in [5.41, 5.74) is 2.32. The topological polar surface area (TPSA) is 79.3 Å². The van der Waals surface area contributed by atoms with Gasteiger partial charge in [-0.2, -0.15) is 0 Å². The predicted molar refractivity (Wildman–Crippen MR) is 78.0 cm³/mol. The lowest BCUT2D eigenvalue weighted by molar-refractivity contribution is 0.282. The van der Waals surface area contributed by atoms with Gasteiger partial charge < -0.3 is 5.11 Å². The zero-order valence-corrected chi connectivity index (χ0v) is 12.9. The lowest BCUT2D eigenvalue weighted by atomic mass is 10.2. The number of nitrogens with one attached hydrogen (secondary N) is 1. The maximum absolute atomic E-state index is 12.3. The van der Waals surface area contributed by atoms with Crippen molar-refractivity contribution in [1.29, 1.82) is 0 Å². The summed E-state index contributed by atoms with van der Waals surface area (Å²) in [5, 5.41) is 10.9. The van der Waals surface area contributed by atoms with Gasteiger partial charge in [-0.25, -0.2) is 13.1 Å². The first-order valence-electron chi connectivity index (χ1n) is 6.03. The van der Waals surface area contributed by atoms with Crippen LogP contribution in [-0.4, -0.2) is 18.5 Å². The van der Waals surface area contributed by atoms with Gasteiger partial charge in [0.05, 0.1) is 11.5 Å². The first-order valence-corrected chi connectivity index (χ1v) is 8.39. The summed E-state index contributed by atoms with van der Waals surface area (Å²) in [6.07, 6.45) is 1.64. The van der Waals surface area contributed by atoms with Crippen LogP contribution in [-0.2, 0) is 23.2 Å². The van der Waals surface area contributed by atoms with E-state index in [9.17, 15) is 13.5 Å². The number of sulfonamides is 1. The molecule has 0 spiro atoms. The van der Waals surface area contributed by atoms with E-state index in [2.05, 4.69) is 9.71 Å². The molecule has 108 valence electrons. The highest BCUT2D eigenvalue weighted by Gasteiger charge is 2.22. The van der Waals surface area contributed by atoms with Crippen LogP contribution in [0.1, 0.15) is 21.7 Å². The smallest absolute Gasteiger partial charge is 0.242 e. The Morgan fingerprint density at radius 1 is 1.35 bits per heavy atom. The number of rotatable bonds is 5. The molecule has 0 atom stereocenters. The molecule has 5 nitrogen and oxygen atoms in total. The molecule has 0 aliphatic carbocycles. The minimum Gasteiger partial charge on any atom is -0.391 e. The number of aliphatic hydroxyl groups is 1. The lowest BCUT2D eigenvalue weighted by Crippen LogP contribution is -2.24. The second-order valence-corrected chi connectivity index (χ2v) is 7.13. The van der Waals surface area contributed by atoms with Crippen LogP contribution in [0.3, 0.4) is 0 Å². The predicted octanol–water partition coefficient (Wildman–Crippen LogP) is 1.73. The number of aliphatic hydroxyl groups excluding tert-OH is 1. The molecule has 0 bridgehead atoms. The van der Waals surface area contributed by atoms with Gasteiger partial charge in [0.25, 0.3) is 0 Å². The van der Waals surface area contributed by atoms with E-state index >= 15 is 0 Å². The molecule has 0 saturated carbocycles. The van der Waals surface area contributed by atoms with E-state index in [1.807, 2.05) is 19.1 Å². The molecule has 2 rings (SSSR count). The first kappa shape index (κ1) is 15.1. The van der Waals surface area contributed by atoms with Gasteiger partial charge in [-0.3, -0.25) is 4.98 Å². The minimum absolute atomic E-state index is 0.176. The van der Waals surface area contributed by atoms with E-state index in [0.717, 1.165) is 11.3 Å². The fourth-order valence-corrected chi connectivity index (χ4v) is 4.49. The van der Waals surface area contributed by atoms with Crippen molar-refractivity contribution in [2.24, 2.45) is 0 Å². The summed E-state index contributed by atoms with van der Waals surface area (Å²) in [5.74, 6) is 0. The Labute approximate surface area is 122 Å². The Morgan fingerprint density at radius 3 is 2.70 bits per heavy atom. The van der Waals surface area contributed by atoms with E-state index in [1.54, 1.807) is 18.5 Å². The van der Waals surface area contributed by atoms with Crippen LogP contribution >= 0.6 is 11.3 Å². The Kier molecular flexibility index (Phi) is 4.54. The number of hydrogen-bond acceptors (Lipinski definition) is 5. The molecule has 0 aliphatic heterocycles. The molecule has 20 heavy (non-hydrogen) atoms. The van der Waals surface area contributed by atoms with Gasteiger partial charge in [0, 0.05) is 18.4 Å². The van der Waals surface area contributed by atoms with Crippen LogP contribution in [0.5, 0.6) is 0 Å². The highest BCUT2D eigenvalue weighted by atomic mass is 32.2. The van der Waals surface area contributed by atoms with Crippen LogP contribution in [0.25, 0.3) is 0 Å². The molecule has 2 N–H and O–H groups in total. The van der Waals surface area contributed by atoms with E-state index in [0.29, 0.717) is 10.4 Å². The first-order chi connectivity index (χ1) is 9.44. The van der Waals surface area contributed by atoms with Crippen molar-refractivity contribution in [3.63, 3.8) is 0 Å². The zero-order valence-electron chi connectivity index (χ0n) is 11.3. The second kappa shape index (κ2) is 6.01. The van der Waals surface area contributed by atoms with Crippen molar-refractivity contribution < 1.29 is 13.5 Å². The fourth-order valence-electron chi connectivity index (χ4n) is 1.81. The SMILES string of the molecule is Cc1ccc(CNS(=O)(=O)c2c(C)csc2CO)cn1. The van der Waals surface area contributed by atoms with Crippen molar-refractivity contribution in [3.8, 4) is 0 Å². The van der Waals surface area contributed by atoms with Gasteiger partial charge in [-0.05, 0) is 36.4 Å². The maximum atomic E-state index is 12.3. The van der Waals surface area contributed by atoms with Crippen LogP contribution < -0.4 is 4.72 Å². The summed E-state index contributed by atoms with van der Waals surface area (Å²) < 4.78 is 27.1. The third-order valence-electron chi connectivity index (χ3n) is 2.84. The molecular formula is C13H16N2O3S2. The number of aromatic nitrogens is 1. The van der Waals surface area contributed by atoms with Crippen molar-refractivity contribution in [1.82, 2.24) is 9.71 Å². The standard InChI is InChI=1S/C13H16N2O3S2/c1-9-8-19-12(7-16)13(9)20(17,18)15-6-11-4-3-10(2)14-5-11/h3-5,8,15-16H,6-7H2,1-2H3. The largest absolute Gasteiger partial charge is 0.391 e. The molecule has 2 aromatic heterocycles. The Morgan fingerprint density at radius 2 is 2.10 bits per heavy atom. The summed E-state index contributed by atoms with van der Waals surface area (Å²) in [7, 11) is -3.63. The van der Waals surface area contributed by atoms with Crippen molar-refractivity contribution in [3.05, 3.63) is 45.4 Å². The van der Waals surface area contributed by atoms with Crippen molar-refractivity contribution in [2.45, 2.75) is 31.9 Å². The summed E-state index contributed by atoms with van der Waals surface area (Å²) >= 11 is 1.25. The molecule has 2 heterocycles. The monoisotopic (exact) mass is 312 g/mol. The number of thiophene rings is 1. The average molecular weight is 312 g/mol. The molecule has 2 aromatic rings. The molecule has 0 unspecified atom stereocenters. The lowest BCUT2D eigenvalue weighted by Gasteiger charge is -2.08. The normalized spacial score (nSPS) is 11.8. The molecular weight excluding hydrogens is 296 g/mol. The quantitative estimate of drug-likeness (QED) is 0.881. The Hall–Kier alpha value is -1.28. The number of hydrogen-bond donors (Lipinski definition) is 2. The van der Waals surface area contributed by atoms with Crippen LogP contribution in [0, 0.1) is 13.8 Å². The third kappa shape index (κ3) is 3.24.